The molecule has 0 spiro atoms. The molecule has 1 saturated heterocycles. The maximum atomic E-state index is 13.2. The maximum Gasteiger partial charge on any atom is 0.337 e. The Morgan fingerprint density at radius 1 is 0.978 bits per heavy atom. The van der Waals surface area contributed by atoms with E-state index in [0.29, 0.717) is 23.4 Å². The van der Waals surface area contributed by atoms with E-state index in [1.54, 1.807) is 25.4 Å². The van der Waals surface area contributed by atoms with Crippen LogP contribution in [0.3, 0.4) is 0 Å². The van der Waals surface area contributed by atoms with Crippen molar-refractivity contribution in [1.82, 2.24) is 4.98 Å². The summed E-state index contributed by atoms with van der Waals surface area (Å²) < 4.78 is 22.4. The fourth-order valence-electron chi connectivity index (χ4n) is 5.69. The number of hydrogen-bond donors (Lipinski definition) is 1. The number of methoxy groups -OCH3 is 2. The Kier molecular flexibility index (Phi) is 8.79. The van der Waals surface area contributed by atoms with Gasteiger partial charge in [-0.1, -0.05) is 36.4 Å². The van der Waals surface area contributed by atoms with Gasteiger partial charge in [0.25, 0.3) is 5.91 Å². The number of piperidine rings is 1. The smallest absolute Gasteiger partial charge is 0.337 e. The average molecular weight is 606 g/mol. The Labute approximate surface area is 261 Å². The van der Waals surface area contributed by atoms with E-state index in [1.165, 1.54) is 7.11 Å². The van der Waals surface area contributed by atoms with Gasteiger partial charge in [0.15, 0.2) is 5.76 Å². The largest absolute Gasteiger partial charge is 0.496 e. The SMILES string of the molecule is COC(=O)c1cccc(COC2CCN(c3ccc(NC(=O)c4oc5ccc(-c6ccccc6OC)cc5c4C)cn3)CC2)c1. The standard InChI is InChI=1S/C36H35N3O6/c1-23-30-20-25(29-9-4-5-10-31(29)42-2)11-13-32(30)45-34(23)35(40)38-27-12-14-33(37-21-27)39-17-15-28(16-18-39)44-22-24-7-6-8-26(19-24)36(41)43-3/h4-14,19-21,28H,15-18,22H2,1-3H3,(H,38,40). The summed E-state index contributed by atoms with van der Waals surface area (Å²) in [5.74, 6) is 1.22. The monoisotopic (exact) mass is 605 g/mol. The van der Waals surface area contributed by atoms with Crippen molar-refractivity contribution in [1.29, 1.82) is 0 Å². The van der Waals surface area contributed by atoms with E-state index in [9.17, 15) is 9.59 Å². The number of pyridine rings is 1. The van der Waals surface area contributed by atoms with Crippen LogP contribution in [-0.2, 0) is 16.1 Å². The first-order valence-corrected chi connectivity index (χ1v) is 14.9. The summed E-state index contributed by atoms with van der Waals surface area (Å²) in [5.41, 5.74) is 5.42. The predicted molar refractivity (Wildman–Crippen MR) is 173 cm³/mol. The van der Waals surface area contributed by atoms with Gasteiger partial charge in [-0.05, 0) is 73.4 Å². The second kappa shape index (κ2) is 13.2. The Balaban J connectivity index is 1.05. The maximum absolute atomic E-state index is 13.2. The summed E-state index contributed by atoms with van der Waals surface area (Å²) in [4.78, 5) is 31.8. The average Bonchev–Trinajstić information content (AvgIpc) is 3.43. The molecule has 9 nitrogen and oxygen atoms in total. The summed E-state index contributed by atoms with van der Waals surface area (Å²) in [5, 5.41) is 3.80. The molecule has 3 aromatic carbocycles. The summed E-state index contributed by atoms with van der Waals surface area (Å²) in [7, 11) is 3.03. The molecule has 0 aliphatic carbocycles. The van der Waals surface area contributed by atoms with E-state index in [0.717, 1.165) is 65.1 Å². The van der Waals surface area contributed by atoms with Gasteiger partial charge in [-0.2, -0.15) is 0 Å². The molecule has 3 heterocycles. The lowest BCUT2D eigenvalue weighted by Crippen LogP contribution is -2.37. The first-order valence-electron chi connectivity index (χ1n) is 14.9. The lowest BCUT2D eigenvalue weighted by Gasteiger charge is -2.32. The zero-order valence-electron chi connectivity index (χ0n) is 25.5. The number of fused-ring (bicyclic) bond motifs is 1. The first kappa shape index (κ1) is 29.9. The number of para-hydroxylation sites is 1. The van der Waals surface area contributed by atoms with Crippen LogP contribution in [0.15, 0.2) is 89.5 Å². The number of nitrogens with zero attached hydrogens (tertiary/aromatic N) is 2. The van der Waals surface area contributed by atoms with Crippen molar-refractivity contribution in [3.63, 3.8) is 0 Å². The van der Waals surface area contributed by atoms with Crippen molar-refractivity contribution >= 4 is 34.4 Å². The highest BCUT2D eigenvalue weighted by Gasteiger charge is 2.22. The minimum absolute atomic E-state index is 0.124. The molecule has 2 aromatic heterocycles. The van der Waals surface area contributed by atoms with Crippen LogP contribution >= 0.6 is 0 Å². The molecule has 5 aromatic rings. The second-order valence-corrected chi connectivity index (χ2v) is 11.0. The Morgan fingerprint density at radius 3 is 2.56 bits per heavy atom. The van der Waals surface area contributed by atoms with E-state index in [1.807, 2.05) is 73.7 Å². The normalized spacial score (nSPS) is 13.5. The molecule has 0 saturated carbocycles. The summed E-state index contributed by atoms with van der Waals surface area (Å²) in [6.45, 7) is 3.94. The van der Waals surface area contributed by atoms with Crippen molar-refractivity contribution in [3.05, 3.63) is 108 Å². The molecule has 230 valence electrons. The second-order valence-electron chi connectivity index (χ2n) is 11.0. The number of hydrogen-bond acceptors (Lipinski definition) is 8. The molecule has 6 rings (SSSR count). The third-order valence-electron chi connectivity index (χ3n) is 8.17. The van der Waals surface area contributed by atoms with Crippen molar-refractivity contribution in [2.45, 2.75) is 32.5 Å². The molecule has 0 bridgehead atoms. The quantitative estimate of drug-likeness (QED) is 0.179. The Morgan fingerprint density at radius 2 is 1.80 bits per heavy atom. The number of nitrogens with one attached hydrogen (secondary N) is 1. The van der Waals surface area contributed by atoms with Gasteiger partial charge in [-0.25, -0.2) is 9.78 Å². The molecule has 1 N–H and O–H groups in total. The van der Waals surface area contributed by atoms with Crippen LogP contribution in [-0.4, -0.2) is 50.3 Å². The molecular formula is C36H35N3O6. The molecule has 0 atom stereocenters. The Bertz CT molecular complexity index is 1820. The van der Waals surface area contributed by atoms with Gasteiger partial charge in [0.2, 0.25) is 0 Å². The molecule has 1 fully saturated rings. The number of anilines is 2. The molecule has 1 aliphatic rings. The Hall–Kier alpha value is -5.15. The minimum Gasteiger partial charge on any atom is -0.496 e. The third-order valence-corrected chi connectivity index (χ3v) is 8.17. The van der Waals surface area contributed by atoms with Gasteiger partial charge in [0.1, 0.15) is 17.2 Å². The van der Waals surface area contributed by atoms with E-state index >= 15 is 0 Å². The molecule has 1 aliphatic heterocycles. The minimum atomic E-state index is -0.354. The van der Waals surface area contributed by atoms with Gasteiger partial charge >= 0.3 is 5.97 Å². The number of rotatable bonds is 9. The molecule has 1 amide bonds. The van der Waals surface area contributed by atoms with Gasteiger partial charge < -0.3 is 28.8 Å². The number of aryl methyl sites for hydroxylation is 1. The van der Waals surface area contributed by atoms with E-state index in [4.69, 9.17) is 18.6 Å². The summed E-state index contributed by atoms with van der Waals surface area (Å²) in [6.07, 6.45) is 3.52. The number of carbonyl (C=O) groups is 2. The fourth-order valence-corrected chi connectivity index (χ4v) is 5.69. The van der Waals surface area contributed by atoms with Crippen molar-refractivity contribution in [3.8, 4) is 16.9 Å². The number of ether oxygens (including phenoxy) is 3. The molecule has 0 radical (unpaired) electrons. The summed E-state index contributed by atoms with van der Waals surface area (Å²) >= 11 is 0. The number of carbonyl (C=O) groups excluding carboxylic acids is 2. The number of benzene rings is 3. The van der Waals surface area contributed by atoms with E-state index in [2.05, 4.69) is 15.2 Å². The van der Waals surface area contributed by atoms with Crippen LogP contribution in [0.4, 0.5) is 11.5 Å². The number of furan rings is 1. The van der Waals surface area contributed by atoms with Crippen LogP contribution in [0.1, 0.15) is 44.9 Å². The van der Waals surface area contributed by atoms with Crippen LogP contribution in [0.25, 0.3) is 22.1 Å². The molecule has 45 heavy (non-hydrogen) atoms. The predicted octanol–water partition coefficient (Wildman–Crippen LogP) is 7.04. The van der Waals surface area contributed by atoms with Gasteiger partial charge in [-0.3, -0.25) is 4.79 Å². The molecule has 9 heteroatoms. The highest BCUT2D eigenvalue weighted by atomic mass is 16.5. The van der Waals surface area contributed by atoms with Crippen molar-refractivity contribution in [2.75, 3.05) is 37.5 Å². The van der Waals surface area contributed by atoms with Crippen LogP contribution in [0.5, 0.6) is 5.75 Å². The topological polar surface area (TPSA) is 103 Å². The third kappa shape index (κ3) is 6.53. The number of esters is 1. The molecular weight excluding hydrogens is 570 g/mol. The lowest BCUT2D eigenvalue weighted by molar-refractivity contribution is 0.0250. The zero-order valence-corrected chi connectivity index (χ0v) is 25.5. The lowest BCUT2D eigenvalue weighted by atomic mass is 10.0. The fraction of sp³-hybridized carbons (Fsp3) is 0.250. The van der Waals surface area contributed by atoms with Crippen molar-refractivity contribution < 1.29 is 28.2 Å². The van der Waals surface area contributed by atoms with Crippen LogP contribution in [0.2, 0.25) is 0 Å². The van der Waals surface area contributed by atoms with Gasteiger partial charge in [0.05, 0.1) is 44.4 Å². The molecule has 0 unspecified atom stereocenters. The highest BCUT2D eigenvalue weighted by molar-refractivity contribution is 6.06. The van der Waals surface area contributed by atoms with E-state index < -0.39 is 0 Å². The number of amides is 1. The zero-order chi connectivity index (χ0) is 31.3. The first-order chi connectivity index (χ1) is 21.9. The van der Waals surface area contributed by atoms with Gasteiger partial charge in [0, 0.05) is 29.6 Å². The van der Waals surface area contributed by atoms with Gasteiger partial charge in [-0.15, -0.1) is 0 Å². The highest BCUT2D eigenvalue weighted by Crippen LogP contribution is 2.34. The number of aromatic nitrogens is 1. The summed E-state index contributed by atoms with van der Waals surface area (Å²) in [6, 6.07) is 24.8. The van der Waals surface area contributed by atoms with E-state index in [-0.39, 0.29) is 23.7 Å². The van der Waals surface area contributed by atoms with Crippen molar-refractivity contribution in [2.24, 2.45) is 0 Å². The van der Waals surface area contributed by atoms with Crippen LogP contribution in [0, 0.1) is 6.92 Å². The van der Waals surface area contributed by atoms with Crippen LogP contribution < -0.4 is 15.0 Å².